The molecule has 2 aromatic heterocycles. The summed E-state index contributed by atoms with van der Waals surface area (Å²) in [6.45, 7) is 8.35. The summed E-state index contributed by atoms with van der Waals surface area (Å²) in [5, 5.41) is 13.7. The van der Waals surface area contributed by atoms with Crippen molar-refractivity contribution in [3.63, 3.8) is 0 Å². The van der Waals surface area contributed by atoms with E-state index in [1.165, 1.54) is 23.3 Å². The van der Waals surface area contributed by atoms with Gasteiger partial charge in [0.15, 0.2) is 0 Å². The van der Waals surface area contributed by atoms with Crippen molar-refractivity contribution in [1.82, 2.24) is 9.13 Å². The molecule has 10 rings (SSSR count). The van der Waals surface area contributed by atoms with E-state index in [1.807, 2.05) is 53.1 Å². The number of rotatable bonds is 5. The number of fused-ring (bicyclic) bond motifs is 6. The SMILES string of the molecule is Cc1cc(C)cc(-c2ccc3c(c2)c2ccccc2n3-c2cc(-c3cccc(C#N)c3)c(C(F)(F)F)cc2-n2c3ccccc3c3cc(-c4cc(C)cc(C)c4)ccc32)c1. The van der Waals surface area contributed by atoms with Crippen molar-refractivity contribution in [1.29, 1.82) is 5.26 Å². The van der Waals surface area contributed by atoms with Gasteiger partial charge in [-0.15, -0.1) is 0 Å². The van der Waals surface area contributed by atoms with Crippen molar-refractivity contribution in [2.24, 2.45) is 0 Å². The van der Waals surface area contributed by atoms with Crippen LogP contribution in [0.3, 0.4) is 0 Å². The molecule has 0 aliphatic rings. The third-order valence-electron chi connectivity index (χ3n) is 11.7. The maximum absolute atomic E-state index is 15.6. The molecular weight excluding hydrogens is 748 g/mol. The second kappa shape index (κ2) is 13.9. The van der Waals surface area contributed by atoms with Crippen molar-refractivity contribution in [3.05, 3.63) is 191 Å². The van der Waals surface area contributed by atoms with Crippen LogP contribution >= 0.6 is 0 Å². The Kier molecular flexibility index (Phi) is 8.55. The summed E-state index contributed by atoms with van der Waals surface area (Å²) in [6, 6.07) is 53.1. The smallest absolute Gasteiger partial charge is 0.307 e. The van der Waals surface area contributed by atoms with Crippen LogP contribution in [0.15, 0.2) is 158 Å². The number of nitrogens with zero attached hydrogens (tertiary/aromatic N) is 3. The Hall–Kier alpha value is -7.36. The molecule has 0 radical (unpaired) electrons. The van der Waals surface area contributed by atoms with E-state index in [4.69, 9.17) is 0 Å². The zero-order valence-corrected chi connectivity index (χ0v) is 33.5. The number of aryl methyl sites for hydroxylation is 4. The number of para-hydroxylation sites is 2. The summed E-state index contributed by atoms with van der Waals surface area (Å²) in [5.41, 5.74) is 13.0. The maximum Gasteiger partial charge on any atom is 0.417 e. The molecule has 0 saturated carbocycles. The summed E-state index contributed by atoms with van der Waals surface area (Å²) in [7, 11) is 0. The van der Waals surface area contributed by atoms with Crippen molar-refractivity contribution in [2.75, 3.05) is 0 Å². The Morgan fingerprint density at radius 3 is 1.37 bits per heavy atom. The topological polar surface area (TPSA) is 33.6 Å². The van der Waals surface area contributed by atoms with Crippen LogP contribution in [0.25, 0.3) is 88.4 Å². The molecule has 0 aliphatic carbocycles. The highest BCUT2D eigenvalue weighted by Gasteiger charge is 2.36. The molecule has 0 amide bonds. The molecule has 60 heavy (non-hydrogen) atoms. The molecule has 0 saturated heterocycles. The van der Waals surface area contributed by atoms with E-state index in [-0.39, 0.29) is 11.1 Å². The van der Waals surface area contributed by atoms with E-state index in [2.05, 4.69) is 111 Å². The quantitative estimate of drug-likeness (QED) is 0.171. The van der Waals surface area contributed by atoms with Crippen molar-refractivity contribution >= 4 is 43.6 Å². The summed E-state index contributed by atoms with van der Waals surface area (Å²) >= 11 is 0. The van der Waals surface area contributed by atoms with Crippen LogP contribution in [-0.2, 0) is 6.18 Å². The lowest BCUT2D eigenvalue weighted by molar-refractivity contribution is -0.137. The molecule has 0 spiro atoms. The van der Waals surface area contributed by atoms with Crippen LogP contribution in [0.4, 0.5) is 13.2 Å². The summed E-state index contributed by atoms with van der Waals surface area (Å²) in [5.74, 6) is 0. The van der Waals surface area contributed by atoms with Gasteiger partial charge in [0, 0.05) is 21.5 Å². The first-order chi connectivity index (χ1) is 28.9. The molecular formula is C54H38F3N3. The van der Waals surface area contributed by atoms with E-state index < -0.39 is 11.7 Å². The van der Waals surface area contributed by atoms with Gasteiger partial charge < -0.3 is 9.13 Å². The van der Waals surface area contributed by atoms with Crippen LogP contribution in [-0.4, -0.2) is 9.13 Å². The molecule has 3 nitrogen and oxygen atoms in total. The average Bonchev–Trinajstić information content (AvgIpc) is 3.74. The molecule has 0 aliphatic heterocycles. The fourth-order valence-corrected chi connectivity index (χ4v) is 9.27. The molecule has 0 atom stereocenters. The van der Waals surface area contributed by atoms with Crippen LogP contribution in [0.2, 0.25) is 0 Å². The molecule has 0 fully saturated rings. The number of alkyl halides is 3. The van der Waals surface area contributed by atoms with Crippen molar-refractivity contribution < 1.29 is 13.2 Å². The van der Waals surface area contributed by atoms with Crippen LogP contribution in [0.5, 0.6) is 0 Å². The van der Waals surface area contributed by atoms with Crippen LogP contribution in [0, 0.1) is 39.0 Å². The molecule has 8 aromatic carbocycles. The van der Waals surface area contributed by atoms with Gasteiger partial charge in [-0.1, -0.05) is 119 Å². The second-order valence-corrected chi connectivity index (χ2v) is 16.0. The molecule has 6 heteroatoms. The van der Waals surface area contributed by atoms with Gasteiger partial charge in [0.1, 0.15) is 0 Å². The van der Waals surface area contributed by atoms with Gasteiger partial charge in [0.2, 0.25) is 0 Å². The number of benzene rings is 8. The van der Waals surface area contributed by atoms with E-state index in [0.29, 0.717) is 16.9 Å². The Labute approximate surface area is 345 Å². The Morgan fingerprint density at radius 2 is 0.883 bits per heavy atom. The van der Waals surface area contributed by atoms with Crippen LogP contribution in [0.1, 0.15) is 33.4 Å². The largest absolute Gasteiger partial charge is 0.417 e. The van der Waals surface area contributed by atoms with Gasteiger partial charge in [-0.25, -0.2) is 0 Å². The Morgan fingerprint density at radius 1 is 0.417 bits per heavy atom. The first-order valence-electron chi connectivity index (χ1n) is 20.0. The van der Waals surface area contributed by atoms with Crippen molar-refractivity contribution in [2.45, 2.75) is 33.9 Å². The first kappa shape index (κ1) is 36.9. The highest BCUT2D eigenvalue weighted by Crippen LogP contribution is 2.46. The predicted molar refractivity (Wildman–Crippen MR) is 240 cm³/mol. The molecule has 2 heterocycles. The molecule has 0 N–H and O–H groups in total. The van der Waals surface area contributed by atoms with Gasteiger partial charge >= 0.3 is 6.18 Å². The zero-order valence-electron chi connectivity index (χ0n) is 33.5. The highest BCUT2D eigenvalue weighted by molar-refractivity contribution is 6.13. The predicted octanol–water partition coefficient (Wildman–Crippen LogP) is 15.0. The third kappa shape index (κ3) is 6.13. The minimum absolute atomic E-state index is 0.00555. The van der Waals surface area contributed by atoms with E-state index >= 15 is 13.2 Å². The van der Waals surface area contributed by atoms with E-state index in [9.17, 15) is 5.26 Å². The second-order valence-electron chi connectivity index (χ2n) is 16.0. The van der Waals surface area contributed by atoms with Gasteiger partial charge in [0.05, 0.1) is 50.6 Å². The fraction of sp³-hybridized carbons (Fsp3) is 0.0926. The molecule has 0 unspecified atom stereocenters. The average molecular weight is 786 g/mol. The number of hydrogen-bond acceptors (Lipinski definition) is 1. The lowest BCUT2D eigenvalue weighted by atomic mass is 9.95. The molecule has 10 aromatic rings. The van der Waals surface area contributed by atoms with Crippen molar-refractivity contribution in [3.8, 4) is 50.8 Å². The van der Waals surface area contributed by atoms with Gasteiger partial charge in [-0.2, -0.15) is 18.4 Å². The molecule has 290 valence electrons. The van der Waals surface area contributed by atoms with Gasteiger partial charge in [0.25, 0.3) is 0 Å². The summed E-state index contributed by atoms with van der Waals surface area (Å²) in [4.78, 5) is 0. The number of nitriles is 1. The minimum Gasteiger partial charge on any atom is -0.307 e. The Balaban J connectivity index is 1.33. The summed E-state index contributed by atoms with van der Waals surface area (Å²) in [6.07, 6.45) is -4.72. The Bertz CT molecular complexity index is 3390. The lowest BCUT2D eigenvalue weighted by Crippen LogP contribution is -2.12. The molecule has 0 bridgehead atoms. The lowest BCUT2D eigenvalue weighted by Gasteiger charge is -2.22. The number of halogens is 3. The number of aromatic nitrogens is 2. The van der Waals surface area contributed by atoms with Gasteiger partial charge in [-0.3, -0.25) is 0 Å². The first-order valence-corrected chi connectivity index (χ1v) is 20.0. The number of hydrogen-bond donors (Lipinski definition) is 0. The standard InChI is InChI=1S/C54H38F3N3/c1-32-20-33(2)23-40(22-32)37-16-18-50-45(27-37)42-12-5-7-14-48(42)59(50)52-29-44(39-11-9-10-36(26-39)31-58)47(54(55,56)57)30-53(52)60-49-15-8-6-13-43(49)46-28-38(17-19-51(46)60)41-24-34(3)21-35(4)25-41/h5-30H,1-4H3. The van der Waals surface area contributed by atoms with E-state index in [0.717, 1.165) is 77.0 Å². The summed E-state index contributed by atoms with van der Waals surface area (Å²) < 4.78 is 51.0. The minimum atomic E-state index is -4.72. The highest BCUT2D eigenvalue weighted by atomic mass is 19.4. The van der Waals surface area contributed by atoms with Crippen LogP contribution < -0.4 is 0 Å². The van der Waals surface area contributed by atoms with Gasteiger partial charge in [-0.05, 0) is 122 Å². The van der Waals surface area contributed by atoms with E-state index in [1.54, 1.807) is 24.3 Å². The maximum atomic E-state index is 15.6. The monoisotopic (exact) mass is 785 g/mol. The normalized spacial score (nSPS) is 11.9. The third-order valence-corrected chi connectivity index (χ3v) is 11.7. The zero-order chi connectivity index (χ0) is 41.4. The fourth-order valence-electron chi connectivity index (χ4n) is 9.27.